The zero-order chi connectivity index (χ0) is 16.2. The molecule has 1 aromatic heterocycles. The van der Waals surface area contributed by atoms with E-state index in [9.17, 15) is 19.7 Å². The predicted molar refractivity (Wildman–Crippen MR) is 72.8 cm³/mol. The summed E-state index contributed by atoms with van der Waals surface area (Å²) in [5.74, 6) is -1.49. The summed E-state index contributed by atoms with van der Waals surface area (Å²) in [5, 5.41) is 26.0. The highest BCUT2D eigenvalue weighted by Gasteiger charge is 2.22. The fourth-order valence-corrected chi connectivity index (χ4v) is 1.96. The van der Waals surface area contributed by atoms with Crippen LogP contribution in [0.5, 0.6) is 0 Å². The molecule has 9 nitrogen and oxygen atoms in total. The van der Waals surface area contributed by atoms with Gasteiger partial charge in [-0.15, -0.1) is 0 Å². The van der Waals surface area contributed by atoms with Crippen molar-refractivity contribution in [3.63, 3.8) is 0 Å². The Morgan fingerprint density at radius 1 is 1.48 bits per heavy atom. The zero-order valence-electron chi connectivity index (χ0n) is 12.1. The van der Waals surface area contributed by atoms with E-state index in [1.807, 2.05) is 0 Å². The van der Waals surface area contributed by atoms with Crippen LogP contribution in [0.2, 0.25) is 0 Å². The lowest BCUT2D eigenvalue weighted by molar-refractivity contribution is -0.386. The quantitative estimate of drug-likeness (QED) is 0.561. The summed E-state index contributed by atoms with van der Waals surface area (Å²) in [6, 6.07) is 0. The maximum Gasteiger partial charge on any atom is 0.312 e. The van der Waals surface area contributed by atoms with Crippen molar-refractivity contribution in [2.75, 3.05) is 6.54 Å². The molecule has 21 heavy (non-hydrogen) atoms. The highest BCUT2D eigenvalue weighted by molar-refractivity contribution is 5.76. The van der Waals surface area contributed by atoms with E-state index in [1.165, 1.54) is 18.5 Å². The van der Waals surface area contributed by atoms with Gasteiger partial charge in [0.05, 0.1) is 4.92 Å². The normalized spacial score (nSPS) is 12.0. The molecule has 0 aliphatic heterocycles. The molecule has 1 amide bonds. The number of amides is 1. The highest BCUT2D eigenvalue weighted by atomic mass is 16.6. The minimum absolute atomic E-state index is 0.0361. The lowest BCUT2D eigenvalue weighted by Crippen LogP contribution is -2.32. The topological polar surface area (TPSA) is 127 Å². The molecule has 116 valence electrons. The van der Waals surface area contributed by atoms with E-state index < -0.39 is 10.9 Å². The van der Waals surface area contributed by atoms with Crippen molar-refractivity contribution >= 4 is 17.6 Å². The number of carbonyl (C=O) groups excluding carboxylic acids is 1. The molecule has 0 aromatic carbocycles. The monoisotopic (exact) mass is 298 g/mol. The average molecular weight is 298 g/mol. The fraction of sp³-hybridized carbons (Fsp3) is 0.583. The molecule has 1 atom stereocenters. The molecule has 0 radical (unpaired) electrons. The molecule has 1 unspecified atom stereocenters. The third-order valence-corrected chi connectivity index (χ3v) is 2.99. The second-order valence-corrected chi connectivity index (χ2v) is 4.94. The Bertz CT molecular complexity index is 566. The number of nitrogens with one attached hydrogen (secondary N) is 1. The predicted octanol–water partition coefficient (Wildman–Crippen LogP) is 0.635. The van der Waals surface area contributed by atoms with E-state index in [4.69, 9.17) is 5.11 Å². The van der Waals surface area contributed by atoms with Crippen molar-refractivity contribution in [1.82, 2.24) is 15.1 Å². The van der Waals surface area contributed by atoms with Gasteiger partial charge in [-0.1, -0.05) is 6.92 Å². The zero-order valence-corrected chi connectivity index (χ0v) is 12.1. The minimum atomic E-state index is -0.925. The molecule has 1 rings (SSSR count). The first kappa shape index (κ1) is 16.6. The summed E-state index contributed by atoms with van der Waals surface area (Å²) in [6.45, 7) is 4.84. The highest BCUT2D eigenvalue weighted by Crippen LogP contribution is 2.21. The van der Waals surface area contributed by atoms with Crippen LogP contribution in [-0.4, -0.2) is 38.2 Å². The van der Waals surface area contributed by atoms with Gasteiger partial charge in [0.15, 0.2) is 0 Å². The van der Waals surface area contributed by atoms with E-state index >= 15 is 0 Å². The fourth-order valence-electron chi connectivity index (χ4n) is 1.96. The number of carboxylic acids is 1. The van der Waals surface area contributed by atoms with Crippen molar-refractivity contribution < 1.29 is 19.6 Å². The van der Waals surface area contributed by atoms with Gasteiger partial charge in [0.25, 0.3) is 0 Å². The third kappa shape index (κ3) is 4.55. The Morgan fingerprint density at radius 2 is 2.10 bits per heavy atom. The molecule has 0 spiro atoms. The maximum atomic E-state index is 11.8. The van der Waals surface area contributed by atoms with Gasteiger partial charge < -0.3 is 10.4 Å². The molecule has 0 bridgehead atoms. The summed E-state index contributed by atoms with van der Waals surface area (Å²) in [6.07, 6.45) is -0.0361. The smallest absolute Gasteiger partial charge is 0.312 e. The van der Waals surface area contributed by atoms with Gasteiger partial charge in [-0.2, -0.15) is 5.10 Å². The van der Waals surface area contributed by atoms with Crippen LogP contribution in [0.1, 0.15) is 24.7 Å². The lowest BCUT2D eigenvalue weighted by Gasteiger charge is -2.10. The van der Waals surface area contributed by atoms with E-state index in [0.717, 1.165) is 0 Å². The van der Waals surface area contributed by atoms with Gasteiger partial charge in [-0.3, -0.25) is 24.4 Å². The molecule has 0 saturated heterocycles. The Balaban J connectivity index is 2.62. The Hall–Kier alpha value is -2.45. The number of hydrogen-bond donors (Lipinski definition) is 2. The number of aromatic nitrogens is 2. The van der Waals surface area contributed by atoms with Gasteiger partial charge >= 0.3 is 11.7 Å². The van der Waals surface area contributed by atoms with Crippen LogP contribution in [0.3, 0.4) is 0 Å². The number of carboxylic acid groups (broad SMARTS) is 1. The van der Waals surface area contributed by atoms with Crippen LogP contribution < -0.4 is 5.32 Å². The largest absolute Gasteiger partial charge is 0.481 e. The van der Waals surface area contributed by atoms with Crippen molar-refractivity contribution in [2.24, 2.45) is 5.92 Å². The maximum absolute atomic E-state index is 11.8. The van der Waals surface area contributed by atoms with Crippen LogP contribution in [0.4, 0.5) is 5.69 Å². The van der Waals surface area contributed by atoms with Gasteiger partial charge in [-0.05, 0) is 19.8 Å². The second kappa shape index (κ2) is 6.82. The minimum Gasteiger partial charge on any atom is -0.481 e. The SMILES string of the molecule is Cc1nn(CC(=O)NCC(C)CC(=O)O)c(C)c1[N+](=O)[O-]. The van der Waals surface area contributed by atoms with Crippen LogP contribution in [0.15, 0.2) is 0 Å². The molecule has 9 heteroatoms. The summed E-state index contributed by atoms with van der Waals surface area (Å²) < 4.78 is 1.27. The van der Waals surface area contributed by atoms with Crippen LogP contribution >= 0.6 is 0 Å². The second-order valence-electron chi connectivity index (χ2n) is 4.94. The Labute approximate surface area is 121 Å². The Kier molecular flexibility index (Phi) is 5.39. The van der Waals surface area contributed by atoms with Crippen molar-refractivity contribution in [3.05, 3.63) is 21.5 Å². The van der Waals surface area contributed by atoms with Crippen molar-refractivity contribution in [3.8, 4) is 0 Å². The van der Waals surface area contributed by atoms with E-state index in [-0.39, 0.29) is 42.7 Å². The van der Waals surface area contributed by atoms with Gasteiger partial charge in [0, 0.05) is 13.0 Å². The number of nitro groups is 1. The molecule has 0 fully saturated rings. The first-order valence-electron chi connectivity index (χ1n) is 6.39. The molecular formula is C12H18N4O5. The summed E-state index contributed by atoms with van der Waals surface area (Å²) in [5.41, 5.74) is 0.470. The van der Waals surface area contributed by atoms with Crippen molar-refractivity contribution in [2.45, 2.75) is 33.7 Å². The van der Waals surface area contributed by atoms with Gasteiger partial charge in [0.2, 0.25) is 5.91 Å². The Morgan fingerprint density at radius 3 is 2.57 bits per heavy atom. The molecular weight excluding hydrogens is 280 g/mol. The van der Waals surface area contributed by atoms with E-state index in [2.05, 4.69) is 10.4 Å². The van der Waals surface area contributed by atoms with Gasteiger partial charge in [0.1, 0.15) is 17.9 Å². The summed E-state index contributed by atoms with van der Waals surface area (Å²) in [7, 11) is 0. The number of nitrogens with zero attached hydrogens (tertiary/aromatic N) is 3. The molecule has 0 aliphatic rings. The van der Waals surface area contributed by atoms with Gasteiger partial charge in [-0.25, -0.2) is 0 Å². The van der Waals surface area contributed by atoms with Crippen LogP contribution in [-0.2, 0) is 16.1 Å². The molecule has 1 aromatic rings. The standard InChI is InChI=1S/C12H18N4O5/c1-7(4-11(18)19)5-13-10(17)6-15-9(3)12(16(20)21)8(2)14-15/h7H,4-6H2,1-3H3,(H,13,17)(H,18,19). The first-order chi connectivity index (χ1) is 9.72. The summed E-state index contributed by atoms with van der Waals surface area (Å²) >= 11 is 0. The molecule has 0 aliphatic carbocycles. The number of rotatable bonds is 7. The van der Waals surface area contributed by atoms with E-state index in [0.29, 0.717) is 5.69 Å². The van der Waals surface area contributed by atoms with Crippen LogP contribution in [0, 0.1) is 29.9 Å². The lowest BCUT2D eigenvalue weighted by atomic mass is 10.1. The molecule has 1 heterocycles. The average Bonchev–Trinajstić information content (AvgIpc) is 2.61. The van der Waals surface area contributed by atoms with Crippen LogP contribution in [0.25, 0.3) is 0 Å². The number of aliphatic carboxylic acids is 1. The summed E-state index contributed by atoms with van der Waals surface area (Å²) in [4.78, 5) is 32.6. The number of aryl methyl sites for hydroxylation is 1. The third-order valence-electron chi connectivity index (χ3n) is 2.99. The van der Waals surface area contributed by atoms with E-state index in [1.54, 1.807) is 6.92 Å². The first-order valence-corrected chi connectivity index (χ1v) is 6.39. The van der Waals surface area contributed by atoms with Crippen molar-refractivity contribution in [1.29, 1.82) is 0 Å². The number of carbonyl (C=O) groups is 2. The molecule has 0 saturated carbocycles. The molecule has 2 N–H and O–H groups in total. The number of hydrogen-bond acceptors (Lipinski definition) is 5.